The van der Waals surface area contributed by atoms with Crippen LogP contribution in [-0.2, 0) is 4.79 Å². The molecule has 1 aliphatic heterocycles. The van der Waals surface area contributed by atoms with Gasteiger partial charge in [-0.05, 0) is 67.6 Å². The van der Waals surface area contributed by atoms with Crippen LogP contribution in [0.4, 0.5) is 0 Å². The Bertz CT molecular complexity index is 284. The third-order valence-electron chi connectivity index (χ3n) is 3.79. The lowest BCUT2D eigenvalue weighted by Gasteiger charge is -2.49. The van der Waals surface area contributed by atoms with Gasteiger partial charge in [0.25, 0.3) is 0 Å². The summed E-state index contributed by atoms with van der Waals surface area (Å²) in [6.45, 7) is 10.8. The maximum Gasteiger partial charge on any atom is 0.209 e. The average Bonchev–Trinajstić information content (AvgIpc) is 2.19. The van der Waals surface area contributed by atoms with Gasteiger partial charge in [0.1, 0.15) is 0 Å². The molecule has 1 fully saturated rings. The van der Waals surface area contributed by atoms with Crippen LogP contribution in [-0.4, -0.2) is 60.5 Å². The van der Waals surface area contributed by atoms with Gasteiger partial charge in [-0.3, -0.25) is 4.79 Å². The zero-order chi connectivity index (χ0) is 14.7. The maximum atomic E-state index is 11.4. The Kier molecular flexibility index (Phi) is 5.39. The van der Waals surface area contributed by atoms with E-state index in [0.29, 0.717) is 6.04 Å². The van der Waals surface area contributed by atoms with E-state index in [0.717, 1.165) is 38.8 Å². The van der Waals surface area contributed by atoms with Crippen molar-refractivity contribution in [2.24, 2.45) is 0 Å². The number of amides is 1. The number of hydrogen-bond acceptors (Lipinski definition) is 3. The summed E-state index contributed by atoms with van der Waals surface area (Å²) in [6.07, 6.45) is 4.13. The Morgan fingerprint density at radius 1 is 1.11 bits per heavy atom. The van der Waals surface area contributed by atoms with Gasteiger partial charge in [0.2, 0.25) is 6.41 Å². The van der Waals surface area contributed by atoms with Crippen LogP contribution < -0.4 is 5.32 Å². The van der Waals surface area contributed by atoms with Crippen LogP contribution in [0.15, 0.2) is 0 Å². The van der Waals surface area contributed by atoms with Crippen molar-refractivity contribution in [2.75, 3.05) is 27.2 Å². The summed E-state index contributed by atoms with van der Waals surface area (Å²) in [7, 11) is 4.14. The minimum atomic E-state index is 0.0925. The zero-order valence-electron chi connectivity index (χ0n) is 13.5. The minimum absolute atomic E-state index is 0.0925. The zero-order valence-corrected chi connectivity index (χ0v) is 13.5. The second-order valence-electron chi connectivity index (χ2n) is 7.45. The molecule has 1 heterocycles. The lowest BCUT2D eigenvalue weighted by molar-refractivity contribution is -0.122. The van der Waals surface area contributed by atoms with Crippen molar-refractivity contribution in [2.45, 2.75) is 64.1 Å². The Balaban J connectivity index is 2.61. The highest BCUT2D eigenvalue weighted by molar-refractivity contribution is 5.48. The van der Waals surface area contributed by atoms with Crippen molar-refractivity contribution in [1.29, 1.82) is 0 Å². The maximum absolute atomic E-state index is 11.4. The van der Waals surface area contributed by atoms with Gasteiger partial charge in [-0.25, -0.2) is 0 Å². The molecule has 1 aliphatic rings. The molecule has 0 bridgehead atoms. The predicted molar refractivity (Wildman–Crippen MR) is 80.3 cm³/mol. The van der Waals surface area contributed by atoms with Crippen molar-refractivity contribution < 1.29 is 4.79 Å². The summed E-state index contributed by atoms with van der Waals surface area (Å²) >= 11 is 0. The predicted octanol–water partition coefficient (Wildman–Crippen LogP) is 1.71. The largest absolute Gasteiger partial charge is 0.342 e. The number of rotatable bonds is 6. The highest BCUT2D eigenvalue weighted by Crippen LogP contribution is 2.31. The Morgan fingerprint density at radius 3 is 2.05 bits per heavy atom. The number of hydrogen-bond donors (Lipinski definition) is 1. The SMILES string of the molecule is CN(C)CCCN(C=O)C1CC(C)(C)NC(C)(C)C1. The summed E-state index contributed by atoms with van der Waals surface area (Å²) in [5.41, 5.74) is 0.185. The molecule has 1 saturated heterocycles. The summed E-state index contributed by atoms with van der Waals surface area (Å²) in [5.74, 6) is 0. The molecule has 0 saturated carbocycles. The first-order chi connectivity index (χ1) is 8.65. The fraction of sp³-hybridized carbons (Fsp3) is 0.933. The summed E-state index contributed by atoms with van der Waals surface area (Å²) in [4.78, 5) is 15.6. The highest BCUT2D eigenvalue weighted by Gasteiger charge is 2.39. The average molecular weight is 269 g/mol. The van der Waals surface area contributed by atoms with E-state index in [1.165, 1.54) is 0 Å². The summed E-state index contributed by atoms with van der Waals surface area (Å²) in [6, 6.07) is 0.353. The van der Waals surface area contributed by atoms with Gasteiger partial charge in [0.05, 0.1) is 0 Å². The first-order valence-electron chi connectivity index (χ1n) is 7.30. The Morgan fingerprint density at radius 2 is 1.63 bits per heavy atom. The van der Waals surface area contributed by atoms with Crippen molar-refractivity contribution >= 4 is 6.41 Å². The molecule has 1 amide bonds. The Labute approximate surface area is 118 Å². The topological polar surface area (TPSA) is 35.6 Å². The van der Waals surface area contributed by atoms with E-state index in [2.05, 4.69) is 52.0 Å². The highest BCUT2D eigenvalue weighted by atomic mass is 16.1. The smallest absolute Gasteiger partial charge is 0.209 e. The number of piperidine rings is 1. The molecule has 0 spiro atoms. The third-order valence-corrected chi connectivity index (χ3v) is 3.79. The van der Waals surface area contributed by atoms with E-state index in [-0.39, 0.29) is 11.1 Å². The number of carbonyl (C=O) groups excluding carboxylic acids is 1. The third kappa shape index (κ3) is 5.49. The van der Waals surface area contributed by atoms with E-state index in [9.17, 15) is 4.79 Å². The monoisotopic (exact) mass is 269 g/mol. The molecular formula is C15H31N3O. The molecular weight excluding hydrogens is 238 g/mol. The number of nitrogens with one attached hydrogen (secondary N) is 1. The van der Waals surface area contributed by atoms with Gasteiger partial charge in [-0.15, -0.1) is 0 Å². The van der Waals surface area contributed by atoms with Gasteiger partial charge in [0, 0.05) is 23.7 Å². The van der Waals surface area contributed by atoms with Crippen molar-refractivity contribution in [3.63, 3.8) is 0 Å². The van der Waals surface area contributed by atoms with Gasteiger partial charge in [-0.1, -0.05) is 0 Å². The number of nitrogens with zero attached hydrogens (tertiary/aromatic N) is 2. The van der Waals surface area contributed by atoms with Crippen LogP contribution in [0.1, 0.15) is 47.0 Å². The van der Waals surface area contributed by atoms with Crippen LogP contribution >= 0.6 is 0 Å². The molecule has 4 heteroatoms. The van der Waals surface area contributed by atoms with Crippen LogP contribution in [0.5, 0.6) is 0 Å². The lowest BCUT2D eigenvalue weighted by Crippen LogP contribution is -2.62. The molecule has 0 aromatic carbocycles. The van der Waals surface area contributed by atoms with E-state index in [1.54, 1.807) is 0 Å². The van der Waals surface area contributed by atoms with Gasteiger partial charge >= 0.3 is 0 Å². The molecule has 4 nitrogen and oxygen atoms in total. The fourth-order valence-electron chi connectivity index (χ4n) is 3.39. The quantitative estimate of drug-likeness (QED) is 0.746. The first kappa shape index (κ1) is 16.4. The van der Waals surface area contributed by atoms with Crippen LogP contribution in [0.2, 0.25) is 0 Å². The summed E-state index contributed by atoms with van der Waals surface area (Å²) < 4.78 is 0. The minimum Gasteiger partial charge on any atom is -0.342 e. The van der Waals surface area contributed by atoms with Gasteiger partial charge in [-0.2, -0.15) is 0 Å². The van der Waals surface area contributed by atoms with Crippen LogP contribution in [0.3, 0.4) is 0 Å². The lowest BCUT2D eigenvalue weighted by atomic mass is 9.79. The van der Waals surface area contributed by atoms with E-state index >= 15 is 0 Å². The van der Waals surface area contributed by atoms with Gasteiger partial charge < -0.3 is 15.1 Å². The second kappa shape index (κ2) is 6.23. The molecule has 0 radical (unpaired) electrons. The molecule has 0 atom stereocenters. The van der Waals surface area contributed by atoms with E-state index < -0.39 is 0 Å². The van der Waals surface area contributed by atoms with Crippen molar-refractivity contribution in [3.8, 4) is 0 Å². The van der Waals surface area contributed by atoms with Crippen LogP contribution in [0, 0.1) is 0 Å². The second-order valence-corrected chi connectivity index (χ2v) is 7.45. The van der Waals surface area contributed by atoms with Crippen LogP contribution in [0.25, 0.3) is 0 Å². The van der Waals surface area contributed by atoms with E-state index in [1.807, 2.05) is 4.90 Å². The molecule has 0 aromatic heterocycles. The Hall–Kier alpha value is -0.610. The van der Waals surface area contributed by atoms with Gasteiger partial charge in [0.15, 0.2) is 0 Å². The van der Waals surface area contributed by atoms with Crippen molar-refractivity contribution in [3.05, 3.63) is 0 Å². The standard InChI is InChI=1S/C15H31N3O/c1-14(2)10-13(11-15(3,4)16-14)18(12-19)9-7-8-17(5)6/h12-13,16H,7-11H2,1-6H3. The normalized spacial score (nSPS) is 22.5. The van der Waals surface area contributed by atoms with Crippen molar-refractivity contribution in [1.82, 2.24) is 15.1 Å². The molecule has 0 aromatic rings. The first-order valence-corrected chi connectivity index (χ1v) is 7.30. The fourth-order valence-corrected chi connectivity index (χ4v) is 3.39. The molecule has 0 unspecified atom stereocenters. The molecule has 112 valence electrons. The van der Waals surface area contributed by atoms with E-state index in [4.69, 9.17) is 0 Å². The molecule has 1 rings (SSSR count). The number of carbonyl (C=O) groups is 1. The molecule has 1 N–H and O–H groups in total. The molecule has 19 heavy (non-hydrogen) atoms. The summed E-state index contributed by atoms with van der Waals surface area (Å²) in [5, 5.41) is 3.66. The molecule has 0 aliphatic carbocycles.